The van der Waals surface area contributed by atoms with Gasteiger partial charge in [0.05, 0.1) is 0 Å². The number of halogens is 1. The van der Waals surface area contributed by atoms with E-state index in [0.717, 1.165) is 12.0 Å². The van der Waals surface area contributed by atoms with E-state index in [1.54, 1.807) is 6.92 Å². The predicted octanol–water partition coefficient (Wildman–Crippen LogP) is 2.95. The highest BCUT2D eigenvalue weighted by molar-refractivity contribution is 6.39. The maximum absolute atomic E-state index is 13.2. The second-order valence-electron chi connectivity index (χ2n) is 5.27. The lowest BCUT2D eigenvalue weighted by molar-refractivity contribution is -0.136. The number of nitrogens with one attached hydrogen (secondary N) is 2. The van der Waals surface area contributed by atoms with Crippen LogP contribution in [0.1, 0.15) is 23.6 Å². The van der Waals surface area contributed by atoms with Gasteiger partial charge < -0.3 is 10.6 Å². The number of amides is 2. The highest BCUT2D eigenvalue weighted by Gasteiger charge is 2.14. The zero-order chi connectivity index (χ0) is 16.8. The first-order valence-electron chi connectivity index (χ1n) is 7.42. The molecule has 120 valence electrons. The molecular formula is C18H19FN2O2. The molecule has 0 saturated heterocycles. The van der Waals surface area contributed by atoms with Crippen LogP contribution in [0.5, 0.6) is 0 Å². The maximum atomic E-state index is 13.2. The summed E-state index contributed by atoms with van der Waals surface area (Å²) in [4.78, 5) is 23.7. The molecule has 5 heteroatoms. The summed E-state index contributed by atoms with van der Waals surface area (Å²) in [5, 5.41) is 4.96. The number of carbonyl (C=O) groups is 2. The molecule has 0 bridgehead atoms. The summed E-state index contributed by atoms with van der Waals surface area (Å²) in [5.41, 5.74) is 3.09. The molecule has 2 aromatic rings. The SMILES string of the molecule is CCc1ccc(CNC(=O)C(=O)Nc2cc(F)ccc2C)cc1. The average Bonchev–Trinajstić information content (AvgIpc) is 2.56. The Bertz CT molecular complexity index is 711. The third-order valence-corrected chi connectivity index (χ3v) is 3.54. The molecule has 0 unspecified atom stereocenters. The molecule has 2 aromatic carbocycles. The van der Waals surface area contributed by atoms with Crippen LogP contribution in [0, 0.1) is 12.7 Å². The van der Waals surface area contributed by atoms with Gasteiger partial charge in [-0.15, -0.1) is 0 Å². The summed E-state index contributed by atoms with van der Waals surface area (Å²) in [6.45, 7) is 4.05. The number of anilines is 1. The fourth-order valence-electron chi connectivity index (χ4n) is 2.06. The number of aryl methyl sites for hydroxylation is 2. The molecule has 0 aromatic heterocycles. The molecule has 0 atom stereocenters. The van der Waals surface area contributed by atoms with Gasteiger partial charge in [-0.3, -0.25) is 9.59 Å². The van der Waals surface area contributed by atoms with Crippen LogP contribution >= 0.6 is 0 Å². The van der Waals surface area contributed by atoms with Gasteiger partial charge in [0, 0.05) is 12.2 Å². The lowest BCUT2D eigenvalue weighted by atomic mass is 10.1. The van der Waals surface area contributed by atoms with E-state index in [4.69, 9.17) is 0 Å². The third-order valence-electron chi connectivity index (χ3n) is 3.54. The van der Waals surface area contributed by atoms with Crippen molar-refractivity contribution < 1.29 is 14.0 Å². The van der Waals surface area contributed by atoms with Crippen LogP contribution in [0.25, 0.3) is 0 Å². The van der Waals surface area contributed by atoms with Gasteiger partial charge in [0.15, 0.2) is 0 Å². The molecule has 0 saturated carbocycles. The van der Waals surface area contributed by atoms with Crippen molar-refractivity contribution in [3.63, 3.8) is 0 Å². The molecule has 4 nitrogen and oxygen atoms in total. The molecule has 0 spiro atoms. The third kappa shape index (κ3) is 4.64. The van der Waals surface area contributed by atoms with Gasteiger partial charge in [-0.2, -0.15) is 0 Å². The zero-order valence-corrected chi connectivity index (χ0v) is 13.2. The Hall–Kier alpha value is -2.69. The Morgan fingerprint density at radius 3 is 2.30 bits per heavy atom. The van der Waals surface area contributed by atoms with Gasteiger partial charge in [-0.1, -0.05) is 37.3 Å². The Kier molecular flexibility index (Phi) is 5.46. The van der Waals surface area contributed by atoms with Gasteiger partial charge in [-0.05, 0) is 42.2 Å². The van der Waals surface area contributed by atoms with E-state index in [9.17, 15) is 14.0 Å². The molecule has 23 heavy (non-hydrogen) atoms. The summed E-state index contributed by atoms with van der Waals surface area (Å²) in [5.74, 6) is -2.04. The maximum Gasteiger partial charge on any atom is 0.313 e. The van der Waals surface area contributed by atoms with Gasteiger partial charge in [-0.25, -0.2) is 4.39 Å². The fourth-order valence-corrected chi connectivity index (χ4v) is 2.06. The first-order valence-corrected chi connectivity index (χ1v) is 7.42. The largest absolute Gasteiger partial charge is 0.344 e. The van der Waals surface area contributed by atoms with Crippen LogP contribution in [-0.2, 0) is 22.6 Å². The molecular weight excluding hydrogens is 295 g/mol. The van der Waals surface area contributed by atoms with Crippen molar-refractivity contribution in [3.05, 3.63) is 65.0 Å². The number of rotatable bonds is 4. The van der Waals surface area contributed by atoms with Gasteiger partial charge in [0.1, 0.15) is 5.82 Å². The monoisotopic (exact) mass is 314 g/mol. The van der Waals surface area contributed by atoms with Crippen molar-refractivity contribution in [3.8, 4) is 0 Å². The average molecular weight is 314 g/mol. The normalized spacial score (nSPS) is 10.2. The molecule has 0 radical (unpaired) electrons. The summed E-state index contributed by atoms with van der Waals surface area (Å²) in [6.07, 6.45) is 0.946. The minimum atomic E-state index is -0.816. The lowest BCUT2D eigenvalue weighted by Gasteiger charge is -2.09. The van der Waals surface area contributed by atoms with Crippen molar-refractivity contribution >= 4 is 17.5 Å². The molecule has 0 aliphatic rings. The van der Waals surface area contributed by atoms with E-state index in [2.05, 4.69) is 17.6 Å². The minimum Gasteiger partial charge on any atom is -0.344 e. The minimum absolute atomic E-state index is 0.262. The highest BCUT2D eigenvalue weighted by atomic mass is 19.1. The first-order chi connectivity index (χ1) is 11.0. The number of benzene rings is 2. The van der Waals surface area contributed by atoms with Gasteiger partial charge in [0.2, 0.25) is 0 Å². The van der Waals surface area contributed by atoms with E-state index in [-0.39, 0.29) is 12.2 Å². The van der Waals surface area contributed by atoms with Crippen molar-refractivity contribution in [1.29, 1.82) is 0 Å². The van der Waals surface area contributed by atoms with E-state index in [1.165, 1.54) is 23.8 Å². The van der Waals surface area contributed by atoms with E-state index in [1.807, 2.05) is 24.3 Å². The van der Waals surface area contributed by atoms with Crippen LogP contribution in [0.15, 0.2) is 42.5 Å². The Morgan fingerprint density at radius 2 is 1.65 bits per heavy atom. The Morgan fingerprint density at radius 1 is 1.00 bits per heavy atom. The quantitative estimate of drug-likeness (QED) is 0.853. The molecule has 2 rings (SSSR count). The van der Waals surface area contributed by atoms with Crippen LogP contribution in [-0.4, -0.2) is 11.8 Å². The molecule has 0 fully saturated rings. The second kappa shape index (κ2) is 7.54. The first kappa shape index (κ1) is 16.7. The Labute approximate surface area is 134 Å². The topological polar surface area (TPSA) is 58.2 Å². The lowest BCUT2D eigenvalue weighted by Crippen LogP contribution is -2.35. The fraction of sp³-hybridized carbons (Fsp3) is 0.222. The van der Waals surface area contributed by atoms with Crippen LogP contribution < -0.4 is 10.6 Å². The molecule has 2 amide bonds. The van der Waals surface area contributed by atoms with Crippen LogP contribution in [0.4, 0.5) is 10.1 Å². The zero-order valence-electron chi connectivity index (χ0n) is 13.2. The van der Waals surface area contributed by atoms with Crippen molar-refractivity contribution in [1.82, 2.24) is 5.32 Å². The molecule has 0 heterocycles. The van der Waals surface area contributed by atoms with E-state index >= 15 is 0 Å². The summed E-state index contributed by atoms with van der Waals surface area (Å²) >= 11 is 0. The smallest absolute Gasteiger partial charge is 0.313 e. The molecule has 0 aliphatic carbocycles. The van der Waals surface area contributed by atoms with Crippen LogP contribution in [0.2, 0.25) is 0 Å². The van der Waals surface area contributed by atoms with E-state index in [0.29, 0.717) is 5.56 Å². The number of hydrogen-bond donors (Lipinski definition) is 2. The summed E-state index contributed by atoms with van der Waals surface area (Å²) < 4.78 is 13.2. The van der Waals surface area contributed by atoms with Gasteiger partial charge >= 0.3 is 11.8 Å². The highest BCUT2D eigenvalue weighted by Crippen LogP contribution is 2.15. The molecule has 2 N–H and O–H groups in total. The molecule has 0 aliphatic heterocycles. The second-order valence-corrected chi connectivity index (χ2v) is 5.27. The van der Waals surface area contributed by atoms with Crippen molar-refractivity contribution in [2.75, 3.05) is 5.32 Å². The standard InChI is InChI=1S/C18H19FN2O2/c1-3-13-5-7-14(8-6-13)11-20-17(22)18(23)21-16-10-15(19)9-4-12(16)2/h4-10H,3,11H2,1-2H3,(H,20,22)(H,21,23). The van der Waals surface area contributed by atoms with E-state index < -0.39 is 17.6 Å². The Balaban J connectivity index is 1.92. The van der Waals surface area contributed by atoms with Crippen molar-refractivity contribution in [2.45, 2.75) is 26.8 Å². The van der Waals surface area contributed by atoms with Crippen molar-refractivity contribution in [2.24, 2.45) is 0 Å². The number of hydrogen-bond acceptors (Lipinski definition) is 2. The summed E-state index contributed by atoms with van der Waals surface area (Å²) in [6, 6.07) is 11.8. The summed E-state index contributed by atoms with van der Waals surface area (Å²) in [7, 11) is 0. The predicted molar refractivity (Wildman–Crippen MR) is 87.4 cm³/mol. The number of carbonyl (C=O) groups excluding carboxylic acids is 2. The van der Waals surface area contributed by atoms with Gasteiger partial charge in [0.25, 0.3) is 0 Å². The van der Waals surface area contributed by atoms with Crippen LogP contribution in [0.3, 0.4) is 0 Å².